The van der Waals surface area contributed by atoms with Crippen molar-refractivity contribution >= 4 is 22.7 Å². The molecule has 0 spiro atoms. The normalized spacial score (nSPS) is 16.2. The molecule has 2 N–H and O–H groups in total. The van der Waals surface area contributed by atoms with Gasteiger partial charge in [-0.1, -0.05) is 0 Å². The Kier molecular flexibility index (Phi) is 3.74. The van der Waals surface area contributed by atoms with E-state index in [9.17, 15) is 9.90 Å². The van der Waals surface area contributed by atoms with E-state index in [1.54, 1.807) is 17.9 Å². The van der Waals surface area contributed by atoms with Gasteiger partial charge in [-0.3, -0.25) is 4.68 Å². The predicted molar refractivity (Wildman–Crippen MR) is 77.5 cm³/mol. The van der Waals surface area contributed by atoms with E-state index in [1.807, 2.05) is 0 Å². The van der Waals surface area contributed by atoms with Gasteiger partial charge in [0.25, 0.3) is 0 Å². The van der Waals surface area contributed by atoms with Crippen molar-refractivity contribution < 1.29 is 14.6 Å². The highest BCUT2D eigenvalue weighted by Crippen LogP contribution is 2.26. The first-order valence-corrected chi connectivity index (χ1v) is 7.02. The first-order chi connectivity index (χ1) is 10.2. The van der Waals surface area contributed by atoms with Crippen LogP contribution in [0.25, 0.3) is 11.0 Å². The topological polar surface area (TPSA) is 89.3 Å². The summed E-state index contributed by atoms with van der Waals surface area (Å²) in [5, 5.41) is 17.5. The molecular weight excluding hydrogens is 272 g/mol. The van der Waals surface area contributed by atoms with E-state index in [0.29, 0.717) is 17.3 Å². The monoisotopic (exact) mass is 290 g/mol. The van der Waals surface area contributed by atoms with Crippen LogP contribution in [0.15, 0.2) is 12.4 Å². The number of carboxylic acids is 1. The Balaban J connectivity index is 1.90. The van der Waals surface area contributed by atoms with Crippen molar-refractivity contribution in [3.63, 3.8) is 0 Å². The molecule has 112 valence electrons. The van der Waals surface area contributed by atoms with Crippen LogP contribution in [0.3, 0.4) is 0 Å². The molecule has 0 aliphatic carbocycles. The maximum Gasteiger partial charge on any atom is 0.339 e. The molecule has 7 heteroatoms. The van der Waals surface area contributed by atoms with E-state index in [2.05, 4.69) is 15.4 Å². The number of aryl methyl sites for hydroxylation is 1. The zero-order valence-corrected chi connectivity index (χ0v) is 11.9. The summed E-state index contributed by atoms with van der Waals surface area (Å²) in [5.41, 5.74) is 1.46. The average Bonchev–Trinajstić information content (AvgIpc) is 2.87. The van der Waals surface area contributed by atoms with Crippen molar-refractivity contribution in [3.8, 4) is 0 Å². The van der Waals surface area contributed by atoms with E-state index in [1.165, 1.54) is 6.20 Å². The third-order valence-electron chi connectivity index (χ3n) is 3.90. The van der Waals surface area contributed by atoms with E-state index in [-0.39, 0.29) is 5.56 Å². The van der Waals surface area contributed by atoms with Crippen LogP contribution in [0.4, 0.5) is 5.69 Å². The lowest BCUT2D eigenvalue weighted by Crippen LogP contribution is -2.23. The molecule has 2 aromatic rings. The smallest absolute Gasteiger partial charge is 0.339 e. The van der Waals surface area contributed by atoms with Gasteiger partial charge < -0.3 is 15.2 Å². The van der Waals surface area contributed by atoms with Gasteiger partial charge in [0.15, 0.2) is 5.65 Å². The van der Waals surface area contributed by atoms with Crippen molar-refractivity contribution in [1.29, 1.82) is 0 Å². The summed E-state index contributed by atoms with van der Waals surface area (Å²) in [7, 11) is 1.79. The van der Waals surface area contributed by atoms with Crippen LogP contribution >= 0.6 is 0 Å². The number of aromatic nitrogens is 3. The zero-order chi connectivity index (χ0) is 14.8. The summed E-state index contributed by atoms with van der Waals surface area (Å²) in [4.78, 5) is 15.6. The number of carboxylic acid groups (broad SMARTS) is 1. The summed E-state index contributed by atoms with van der Waals surface area (Å²) in [6.07, 6.45) is 5.03. The molecule has 0 aromatic carbocycles. The first-order valence-electron chi connectivity index (χ1n) is 7.02. The highest BCUT2D eigenvalue weighted by Gasteiger charge is 2.19. The van der Waals surface area contributed by atoms with Crippen molar-refractivity contribution in [2.24, 2.45) is 13.0 Å². The van der Waals surface area contributed by atoms with Crippen molar-refractivity contribution in [2.45, 2.75) is 12.8 Å². The first kappa shape index (κ1) is 13.8. The highest BCUT2D eigenvalue weighted by molar-refractivity contribution is 6.03. The molecule has 1 saturated heterocycles. The third kappa shape index (κ3) is 2.69. The Morgan fingerprint density at radius 1 is 1.48 bits per heavy atom. The van der Waals surface area contributed by atoms with Gasteiger partial charge in [-0.05, 0) is 18.8 Å². The zero-order valence-electron chi connectivity index (χ0n) is 11.9. The molecule has 1 aliphatic rings. The second-order valence-electron chi connectivity index (χ2n) is 5.29. The minimum absolute atomic E-state index is 0.183. The number of fused-ring (bicyclic) bond motifs is 1. The number of ether oxygens (including phenoxy) is 1. The molecule has 0 bridgehead atoms. The Morgan fingerprint density at radius 3 is 2.95 bits per heavy atom. The summed E-state index contributed by atoms with van der Waals surface area (Å²) >= 11 is 0. The van der Waals surface area contributed by atoms with Gasteiger partial charge in [-0.2, -0.15) is 5.10 Å². The van der Waals surface area contributed by atoms with E-state index in [0.717, 1.165) is 38.0 Å². The Morgan fingerprint density at radius 2 is 2.24 bits per heavy atom. The molecule has 1 fully saturated rings. The van der Waals surface area contributed by atoms with Crippen LogP contribution in [0.5, 0.6) is 0 Å². The fraction of sp³-hybridized carbons (Fsp3) is 0.500. The number of rotatable bonds is 4. The molecule has 0 radical (unpaired) electrons. The lowest BCUT2D eigenvalue weighted by Gasteiger charge is -2.23. The molecule has 3 heterocycles. The highest BCUT2D eigenvalue weighted by atomic mass is 16.5. The van der Waals surface area contributed by atoms with Crippen LogP contribution in [0, 0.1) is 5.92 Å². The minimum Gasteiger partial charge on any atom is -0.478 e. The van der Waals surface area contributed by atoms with Crippen molar-refractivity contribution in [2.75, 3.05) is 25.1 Å². The number of nitrogens with zero attached hydrogens (tertiary/aromatic N) is 3. The lowest BCUT2D eigenvalue weighted by molar-refractivity contribution is 0.0689. The van der Waals surface area contributed by atoms with Gasteiger partial charge in [0.05, 0.1) is 17.3 Å². The van der Waals surface area contributed by atoms with E-state index in [4.69, 9.17) is 4.74 Å². The molecule has 1 aliphatic heterocycles. The Bertz CT molecular complexity index is 662. The van der Waals surface area contributed by atoms with Crippen LogP contribution in [0.2, 0.25) is 0 Å². The fourth-order valence-electron chi connectivity index (χ4n) is 2.65. The number of anilines is 1. The van der Waals surface area contributed by atoms with Crippen molar-refractivity contribution in [1.82, 2.24) is 14.8 Å². The van der Waals surface area contributed by atoms with E-state index < -0.39 is 5.97 Å². The molecule has 0 saturated carbocycles. The standard InChI is InChI=1S/C14H18N4O3/c1-18-13-10(8-17-18)12(11(7-16-13)14(19)20)15-6-9-2-4-21-5-3-9/h7-9H,2-6H2,1H3,(H,15,16)(H,19,20). The molecule has 0 unspecified atom stereocenters. The number of hydrogen-bond donors (Lipinski definition) is 2. The molecule has 2 aromatic heterocycles. The van der Waals surface area contributed by atoms with Gasteiger partial charge in [0.1, 0.15) is 5.56 Å². The van der Waals surface area contributed by atoms with Gasteiger partial charge in [-0.25, -0.2) is 9.78 Å². The van der Waals surface area contributed by atoms with Crippen LogP contribution < -0.4 is 5.32 Å². The molecule has 7 nitrogen and oxygen atoms in total. The molecule has 0 amide bonds. The van der Waals surface area contributed by atoms with Gasteiger partial charge in [0.2, 0.25) is 0 Å². The quantitative estimate of drug-likeness (QED) is 0.887. The predicted octanol–water partition coefficient (Wildman–Crippen LogP) is 1.50. The van der Waals surface area contributed by atoms with Gasteiger partial charge in [0, 0.05) is 33.0 Å². The molecule has 21 heavy (non-hydrogen) atoms. The number of pyridine rings is 1. The summed E-state index contributed by atoms with van der Waals surface area (Å²) in [6.45, 7) is 2.28. The molecule has 3 rings (SSSR count). The van der Waals surface area contributed by atoms with E-state index >= 15 is 0 Å². The molecular formula is C14H18N4O3. The summed E-state index contributed by atoms with van der Waals surface area (Å²) < 4.78 is 6.98. The second-order valence-corrected chi connectivity index (χ2v) is 5.29. The lowest BCUT2D eigenvalue weighted by atomic mass is 10.00. The summed E-state index contributed by atoms with van der Waals surface area (Å²) in [6, 6.07) is 0. The van der Waals surface area contributed by atoms with Gasteiger partial charge in [-0.15, -0.1) is 0 Å². The second kappa shape index (κ2) is 5.69. The number of hydrogen-bond acceptors (Lipinski definition) is 5. The van der Waals surface area contributed by atoms with Crippen molar-refractivity contribution in [3.05, 3.63) is 18.0 Å². The fourth-order valence-corrected chi connectivity index (χ4v) is 2.65. The molecule has 0 atom stereocenters. The van der Waals surface area contributed by atoms with Crippen LogP contribution in [-0.2, 0) is 11.8 Å². The Hall–Kier alpha value is -2.15. The maximum atomic E-state index is 11.4. The minimum atomic E-state index is -0.984. The largest absolute Gasteiger partial charge is 0.478 e. The third-order valence-corrected chi connectivity index (χ3v) is 3.90. The summed E-state index contributed by atoms with van der Waals surface area (Å²) in [5.74, 6) is -0.483. The average molecular weight is 290 g/mol. The number of aromatic carboxylic acids is 1. The maximum absolute atomic E-state index is 11.4. The number of nitrogens with one attached hydrogen (secondary N) is 1. The Labute approximate surface area is 121 Å². The number of carbonyl (C=O) groups is 1. The van der Waals surface area contributed by atoms with Crippen LogP contribution in [0.1, 0.15) is 23.2 Å². The SMILES string of the molecule is Cn1ncc2c(NCC3CCOCC3)c(C(=O)O)cnc21. The van der Waals surface area contributed by atoms with Gasteiger partial charge >= 0.3 is 5.97 Å². The van der Waals surface area contributed by atoms with Crippen LogP contribution in [-0.4, -0.2) is 45.6 Å².